The lowest BCUT2D eigenvalue weighted by Gasteiger charge is -2.21. The largest absolute Gasteiger partial charge is 0.384 e. The van der Waals surface area contributed by atoms with Crippen molar-refractivity contribution in [1.29, 1.82) is 0 Å². The van der Waals surface area contributed by atoms with Crippen molar-refractivity contribution in [3.8, 4) is 0 Å². The lowest BCUT2D eigenvalue weighted by molar-refractivity contribution is -0.125. The lowest BCUT2D eigenvalue weighted by Crippen LogP contribution is -2.37. The van der Waals surface area contributed by atoms with E-state index in [4.69, 9.17) is 11.5 Å². The number of rotatable bonds is 4. The first-order valence-electron chi connectivity index (χ1n) is 4.67. The molecule has 0 radical (unpaired) electrons. The summed E-state index contributed by atoms with van der Waals surface area (Å²) in [5.41, 5.74) is 10.9. The summed E-state index contributed by atoms with van der Waals surface area (Å²) in [6, 6.07) is 3.50. The summed E-state index contributed by atoms with van der Waals surface area (Å²) in [6.45, 7) is 4.04. The van der Waals surface area contributed by atoms with E-state index in [1.807, 2.05) is 0 Å². The van der Waals surface area contributed by atoms with Crippen LogP contribution in [-0.4, -0.2) is 17.4 Å². The highest BCUT2D eigenvalue weighted by Crippen LogP contribution is 2.16. The van der Waals surface area contributed by atoms with Gasteiger partial charge in [-0.25, -0.2) is 4.98 Å². The predicted octanol–water partition coefficient (Wildman–Crippen LogP) is 0.587. The Morgan fingerprint density at radius 3 is 2.67 bits per heavy atom. The van der Waals surface area contributed by atoms with Gasteiger partial charge in [0.1, 0.15) is 5.82 Å². The van der Waals surface area contributed by atoms with Crippen LogP contribution >= 0.6 is 0 Å². The Bertz CT molecular complexity index is 345. The minimum Gasteiger partial charge on any atom is -0.384 e. The zero-order chi connectivity index (χ0) is 11.5. The zero-order valence-corrected chi connectivity index (χ0v) is 8.95. The van der Waals surface area contributed by atoms with Crippen molar-refractivity contribution in [2.75, 3.05) is 17.6 Å². The van der Waals surface area contributed by atoms with E-state index in [1.54, 1.807) is 32.2 Å². The molecule has 0 saturated carbocycles. The van der Waals surface area contributed by atoms with Gasteiger partial charge in [-0.05, 0) is 26.0 Å². The van der Waals surface area contributed by atoms with Gasteiger partial charge in [0.05, 0.1) is 17.3 Å². The molecule has 1 amide bonds. The van der Waals surface area contributed by atoms with E-state index in [0.29, 0.717) is 12.4 Å². The quantitative estimate of drug-likeness (QED) is 0.675. The molecule has 0 bridgehead atoms. The number of amides is 1. The van der Waals surface area contributed by atoms with E-state index in [9.17, 15) is 4.79 Å². The molecule has 1 aromatic heterocycles. The van der Waals surface area contributed by atoms with Crippen molar-refractivity contribution in [2.45, 2.75) is 13.8 Å². The smallest absolute Gasteiger partial charge is 0.224 e. The monoisotopic (exact) mass is 208 g/mol. The third kappa shape index (κ3) is 3.12. The van der Waals surface area contributed by atoms with Crippen molar-refractivity contribution < 1.29 is 4.79 Å². The van der Waals surface area contributed by atoms with Gasteiger partial charge in [0.25, 0.3) is 0 Å². The number of aromatic nitrogens is 1. The van der Waals surface area contributed by atoms with Gasteiger partial charge in [0, 0.05) is 6.54 Å². The van der Waals surface area contributed by atoms with Crippen LogP contribution in [0.5, 0.6) is 0 Å². The second-order valence-corrected chi connectivity index (χ2v) is 4.07. The maximum absolute atomic E-state index is 11.0. The Balaban J connectivity index is 2.57. The first-order valence-corrected chi connectivity index (χ1v) is 4.67. The van der Waals surface area contributed by atoms with E-state index in [0.717, 1.165) is 5.69 Å². The van der Waals surface area contributed by atoms with E-state index in [-0.39, 0.29) is 5.91 Å². The maximum Gasteiger partial charge on any atom is 0.224 e. The molecule has 0 saturated heterocycles. The second kappa shape index (κ2) is 4.16. The van der Waals surface area contributed by atoms with Crippen molar-refractivity contribution in [3.05, 3.63) is 18.3 Å². The number of nitrogens with one attached hydrogen (secondary N) is 1. The van der Waals surface area contributed by atoms with Gasteiger partial charge in [0.2, 0.25) is 5.91 Å². The number of anilines is 2. The Hall–Kier alpha value is -1.78. The molecule has 1 heterocycles. The third-order valence-corrected chi connectivity index (χ3v) is 2.19. The number of primary amides is 1. The molecule has 82 valence electrons. The molecule has 0 spiro atoms. The number of hydrogen-bond acceptors (Lipinski definition) is 4. The van der Waals surface area contributed by atoms with Gasteiger partial charge in [-0.15, -0.1) is 0 Å². The average molecular weight is 208 g/mol. The summed E-state index contributed by atoms with van der Waals surface area (Å²) < 4.78 is 0. The van der Waals surface area contributed by atoms with Gasteiger partial charge in [-0.2, -0.15) is 0 Å². The Morgan fingerprint density at radius 1 is 1.53 bits per heavy atom. The topological polar surface area (TPSA) is 94.0 Å². The Kier molecular flexibility index (Phi) is 3.14. The highest BCUT2D eigenvalue weighted by atomic mass is 16.1. The van der Waals surface area contributed by atoms with Gasteiger partial charge in [0.15, 0.2) is 0 Å². The number of nitrogens with two attached hydrogens (primary N) is 2. The fourth-order valence-electron chi connectivity index (χ4n) is 0.920. The summed E-state index contributed by atoms with van der Waals surface area (Å²) >= 11 is 0. The fourth-order valence-corrected chi connectivity index (χ4v) is 0.920. The van der Waals surface area contributed by atoms with Crippen LogP contribution in [0.2, 0.25) is 0 Å². The third-order valence-electron chi connectivity index (χ3n) is 2.19. The fraction of sp³-hybridized carbons (Fsp3) is 0.400. The highest BCUT2D eigenvalue weighted by molar-refractivity contribution is 5.80. The standard InChI is InChI=1S/C10H16N4O/c1-10(2,9(12)15)6-14-7-3-4-8(11)13-5-7/h3-5,14H,6H2,1-2H3,(H2,11,13)(H2,12,15). The molecule has 5 heteroatoms. The van der Waals surface area contributed by atoms with Crippen molar-refractivity contribution in [1.82, 2.24) is 4.98 Å². The van der Waals surface area contributed by atoms with Gasteiger partial charge < -0.3 is 16.8 Å². The summed E-state index contributed by atoms with van der Waals surface area (Å²) in [7, 11) is 0. The van der Waals surface area contributed by atoms with E-state index < -0.39 is 5.41 Å². The molecule has 1 aromatic rings. The van der Waals surface area contributed by atoms with Crippen LogP contribution in [-0.2, 0) is 4.79 Å². The summed E-state index contributed by atoms with van der Waals surface area (Å²) in [5, 5.41) is 3.07. The number of hydrogen-bond donors (Lipinski definition) is 3. The molecule has 1 rings (SSSR count). The molecule has 0 unspecified atom stereocenters. The van der Waals surface area contributed by atoms with E-state index in [1.165, 1.54) is 0 Å². The molecule has 0 fully saturated rings. The van der Waals surface area contributed by atoms with Crippen molar-refractivity contribution in [2.24, 2.45) is 11.1 Å². The highest BCUT2D eigenvalue weighted by Gasteiger charge is 2.24. The maximum atomic E-state index is 11.0. The predicted molar refractivity (Wildman–Crippen MR) is 60.1 cm³/mol. The molecule has 0 aliphatic carbocycles. The number of nitrogens with zero attached hydrogens (tertiary/aromatic N) is 1. The SMILES string of the molecule is CC(C)(CNc1ccc(N)nc1)C(N)=O. The van der Waals surface area contributed by atoms with Crippen LogP contribution in [0, 0.1) is 5.41 Å². The molecule has 5 N–H and O–H groups in total. The van der Waals surface area contributed by atoms with Crippen LogP contribution in [0.4, 0.5) is 11.5 Å². The van der Waals surface area contributed by atoms with Gasteiger partial charge >= 0.3 is 0 Å². The normalized spacial score (nSPS) is 11.1. The van der Waals surface area contributed by atoms with Crippen LogP contribution in [0.15, 0.2) is 18.3 Å². The van der Waals surface area contributed by atoms with Gasteiger partial charge in [-0.3, -0.25) is 4.79 Å². The van der Waals surface area contributed by atoms with Crippen LogP contribution in [0.1, 0.15) is 13.8 Å². The summed E-state index contributed by atoms with van der Waals surface area (Å²) in [4.78, 5) is 15.0. The summed E-state index contributed by atoms with van der Waals surface area (Å²) in [5.74, 6) is 0.133. The first kappa shape index (κ1) is 11.3. The number of carbonyl (C=O) groups is 1. The van der Waals surface area contributed by atoms with Gasteiger partial charge in [-0.1, -0.05) is 0 Å². The first-order chi connectivity index (χ1) is 6.92. The van der Waals surface area contributed by atoms with Crippen LogP contribution < -0.4 is 16.8 Å². The molecule has 15 heavy (non-hydrogen) atoms. The molecule has 0 aliphatic heterocycles. The average Bonchev–Trinajstić information content (AvgIpc) is 2.17. The molecule has 0 atom stereocenters. The lowest BCUT2D eigenvalue weighted by atomic mass is 9.93. The summed E-state index contributed by atoms with van der Waals surface area (Å²) in [6.07, 6.45) is 1.62. The number of pyridine rings is 1. The second-order valence-electron chi connectivity index (χ2n) is 4.07. The molecule has 0 aliphatic rings. The minimum absolute atomic E-state index is 0.335. The molecule has 0 aromatic carbocycles. The van der Waals surface area contributed by atoms with Crippen molar-refractivity contribution in [3.63, 3.8) is 0 Å². The van der Waals surface area contributed by atoms with E-state index in [2.05, 4.69) is 10.3 Å². The molecular weight excluding hydrogens is 192 g/mol. The minimum atomic E-state index is -0.582. The Morgan fingerprint density at radius 2 is 2.20 bits per heavy atom. The molecular formula is C10H16N4O. The molecule has 5 nitrogen and oxygen atoms in total. The zero-order valence-electron chi connectivity index (χ0n) is 8.95. The number of carbonyl (C=O) groups excluding carboxylic acids is 1. The van der Waals surface area contributed by atoms with E-state index >= 15 is 0 Å². The van der Waals surface area contributed by atoms with Crippen LogP contribution in [0.25, 0.3) is 0 Å². The van der Waals surface area contributed by atoms with Crippen LogP contribution in [0.3, 0.4) is 0 Å². The van der Waals surface area contributed by atoms with Crippen molar-refractivity contribution >= 4 is 17.4 Å². The Labute approximate surface area is 88.9 Å². The number of nitrogen functional groups attached to an aromatic ring is 1.